The first kappa shape index (κ1) is 23.2. The molecule has 0 aliphatic rings. The maximum Gasteiger partial charge on any atom is 0.336 e. The van der Waals surface area contributed by atoms with Crippen molar-refractivity contribution in [3.63, 3.8) is 0 Å². The van der Waals surface area contributed by atoms with Crippen molar-refractivity contribution < 1.29 is 24.2 Å². The fraction of sp³-hybridized carbons (Fsp3) is 0.190. The van der Waals surface area contributed by atoms with Gasteiger partial charge in [-0.25, -0.2) is 4.79 Å². The first-order valence-corrected chi connectivity index (χ1v) is 11.2. The van der Waals surface area contributed by atoms with E-state index in [2.05, 4.69) is 20.8 Å². The van der Waals surface area contributed by atoms with Gasteiger partial charge < -0.3 is 15.2 Å². The van der Waals surface area contributed by atoms with Crippen LogP contribution in [0.5, 0.6) is 5.75 Å². The number of benzene rings is 2. The molecule has 0 fully saturated rings. The molecule has 166 valence electrons. The Hall–Kier alpha value is -3.44. The predicted molar refractivity (Wildman–Crippen MR) is 123 cm³/mol. The molecular formula is C21H20N4O5S2. The average Bonchev–Trinajstić information content (AvgIpc) is 3.21. The Labute approximate surface area is 192 Å². The van der Waals surface area contributed by atoms with E-state index in [1.807, 2.05) is 6.92 Å². The number of nitrogens with one attached hydrogen (secondary N) is 2. The van der Waals surface area contributed by atoms with Crippen LogP contribution in [0.25, 0.3) is 0 Å². The molecule has 1 heterocycles. The molecule has 1 unspecified atom stereocenters. The predicted octanol–water partition coefficient (Wildman–Crippen LogP) is 4.01. The second kappa shape index (κ2) is 10.7. The van der Waals surface area contributed by atoms with Crippen molar-refractivity contribution in [1.82, 2.24) is 10.2 Å². The van der Waals surface area contributed by atoms with Crippen LogP contribution in [0, 0.1) is 0 Å². The van der Waals surface area contributed by atoms with Crippen molar-refractivity contribution in [3.8, 4) is 5.75 Å². The Morgan fingerprint density at radius 3 is 2.41 bits per heavy atom. The number of ether oxygens (including phenoxy) is 1. The summed E-state index contributed by atoms with van der Waals surface area (Å²) < 4.78 is 5.87. The number of thioether (sulfide) groups is 1. The molecule has 3 rings (SSSR count). The van der Waals surface area contributed by atoms with Crippen molar-refractivity contribution in [2.24, 2.45) is 0 Å². The van der Waals surface area contributed by atoms with Gasteiger partial charge in [0.1, 0.15) is 5.75 Å². The zero-order chi connectivity index (χ0) is 23.1. The minimum absolute atomic E-state index is 0.0208. The molecule has 32 heavy (non-hydrogen) atoms. The normalized spacial score (nSPS) is 11.4. The molecule has 3 N–H and O–H groups in total. The van der Waals surface area contributed by atoms with Crippen LogP contribution in [-0.4, -0.2) is 44.9 Å². The molecule has 0 radical (unpaired) electrons. The van der Waals surface area contributed by atoms with Gasteiger partial charge in [-0.15, -0.1) is 10.2 Å². The van der Waals surface area contributed by atoms with E-state index < -0.39 is 17.1 Å². The number of carboxylic acids is 1. The smallest absolute Gasteiger partial charge is 0.336 e. The molecule has 0 saturated heterocycles. The van der Waals surface area contributed by atoms with Crippen LogP contribution in [-0.2, 0) is 4.79 Å². The number of aromatic nitrogens is 2. The van der Waals surface area contributed by atoms with Gasteiger partial charge in [0, 0.05) is 5.69 Å². The van der Waals surface area contributed by atoms with Crippen LogP contribution in [0.2, 0.25) is 0 Å². The number of anilines is 2. The Kier molecular flexibility index (Phi) is 7.79. The molecule has 0 bridgehead atoms. The van der Waals surface area contributed by atoms with Crippen molar-refractivity contribution >= 4 is 51.7 Å². The topological polar surface area (TPSA) is 131 Å². The van der Waals surface area contributed by atoms with Gasteiger partial charge >= 0.3 is 5.97 Å². The lowest BCUT2D eigenvalue weighted by molar-refractivity contribution is -0.115. The summed E-state index contributed by atoms with van der Waals surface area (Å²) >= 11 is 2.29. The van der Waals surface area contributed by atoms with E-state index in [0.717, 1.165) is 17.1 Å². The van der Waals surface area contributed by atoms with Gasteiger partial charge in [-0.05, 0) is 50.2 Å². The molecule has 1 atom stereocenters. The van der Waals surface area contributed by atoms with E-state index in [4.69, 9.17) is 4.74 Å². The van der Waals surface area contributed by atoms with Gasteiger partial charge in [-0.3, -0.25) is 14.9 Å². The van der Waals surface area contributed by atoms with Gasteiger partial charge in [0.25, 0.3) is 5.91 Å². The largest absolute Gasteiger partial charge is 0.494 e. The summed E-state index contributed by atoms with van der Waals surface area (Å²) in [7, 11) is 0. The van der Waals surface area contributed by atoms with Crippen LogP contribution in [0.1, 0.15) is 34.6 Å². The third-order valence-electron chi connectivity index (χ3n) is 4.11. The number of amides is 2. The fourth-order valence-electron chi connectivity index (χ4n) is 2.59. The lowest BCUT2D eigenvalue weighted by atomic mass is 10.1. The standard InChI is InChI=1S/C21H20N4O5S2/c1-3-30-14-10-8-13(9-11-14)22-17(26)12(2)31-21-25-24-20(32-21)23-18(27)15-6-4-5-7-16(15)19(28)29/h4-12H,3H2,1-2H3,(H,22,26)(H,28,29)(H,23,24,27). The van der Waals surface area contributed by atoms with E-state index in [1.54, 1.807) is 43.3 Å². The summed E-state index contributed by atoms with van der Waals surface area (Å²) in [6.45, 7) is 4.20. The molecule has 0 aliphatic heterocycles. The van der Waals surface area contributed by atoms with Gasteiger partial charge in [-0.1, -0.05) is 35.2 Å². The molecule has 0 spiro atoms. The van der Waals surface area contributed by atoms with Crippen LogP contribution in [0.3, 0.4) is 0 Å². The van der Waals surface area contributed by atoms with E-state index in [1.165, 1.54) is 23.9 Å². The summed E-state index contributed by atoms with van der Waals surface area (Å²) in [6.07, 6.45) is 0. The number of carbonyl (C=O) groups is 3. The van der Waals surface area contributed by atoms with Crippen LogP contribution >= 0.6 is 23.1 Å². The quantitative estimate of drug-likeness (QED) is 0.315. The number of carbonyl (C=O) groups excluding carboxylic acids is 2. The Morgan fingerprint density at radius 2 is 1.75 bits per heavy atom. The van der Waals surface area contributed by atoms with Crippen LogP contribution in [0.15, 0.2) is 52.9 Å². The molecule has 11 heteroatoms. The third kappa shape index (κ3) is 6.05. The third-order valence-corrected chi connectivity index (χ3v) is 6.13. The van der Waals surface area contributed by atoms with Gasteiger partial charge in [-0.2, -0.15) is 0 Å². The highest BCUT2D eigenvalue weighted by atomic mass is 32.2. The molecule has 2 amide bonds. The first-order valence-electron chi connectivity index (χ1n) is 9.55. The number of rotatable bonds is 9. The minimum Gasteiger partial charge on any atom is -0.494 e. The second-order valence-electron chi connectivity index (χ2n) is 6.38. The lowest BCUT2D eigenvalue weighted by Crippen LogP contribution is -2.22. The Morgan fingerprint density at radius 1 is 1.06 bits per heavy atom. The monoisotopic (exact) mass is 472 g/mol. The minimum atomic E-state index is -1.20. The van der Waals surface area contributed by atoms with Crippen LogP contribution in [0.4, 0.5) is 10.8 Å². The van der Waals surface area contributed by atoms with Crippen LogP contribution < -0.4 is 15.4 Å². The number of hydrogen-bond acceptors (Lipinski definition) is 8. The van der Waals surface area contributed by atoms with E-state index in [0.29, 0.717) is 16.6 Å². The summed E-state index contributed by atoms with van der Waals surface area (Å²) in [5, 5.41) is 22.2. The molecule has 1 aromatic heterocycles. The van der Waals surface area contributed by atoms with Crippen molar-refractivity contribution in [2.45, 2.75) is 23.4 Å². The number of nitrogens with zero attached hydrogens (tertiary/aromatic N) is 2. The van der Waals surface area contributed by atoms with Gasteiger partial charge in [0.05, 0.1) is 23.0 Å². The van der Waals surface area contributed by atoms with Crippen molar-refractivity contribution in [2.75, 3.05) is 17.2 Å². The molecule has 3 aromatic rings. The van der Waals surface area contributed by atoms with Crippen molar-refractivity contribution in [1.29, 1.82) is 0 Å². The molecular weight excluding hydrogens is 452 g/mol. The molecule has 0 saturated carbocycles. The van der Waals surface area contributed by atoms with E-state index >= 15 is 0 Å². The van der Waals surface area contributed by atoms with E-state index in [-0.39, 0.29) is 22.2 Å². The SMILES string of the molecule is CCOc1ccc(NC(=O)C(C)Sc2nnc(NC(=O)c3ccccc3C(=O)O)s2)cc1. The van der Waals surface area contributed by atoms with Crippen molar-refractivity contribution in [3.05, 3.63) is 59.7 Å². The van der Waals surface area contributed by atoms with Gasteiger partial charge in [0.2, 0.25) is 11.0 Å². The summed E-state index contributed by atoms with van der Waals surface area (Å²) in [6, 6.07) is 13.0. The molecule has 2 aromatic carbocycles. The molecule has 9 nitrogen and oxygen atoms in total. The first-order chi connectivity index (χ1) is 15.4. The average molecular weight is 473 g/mol. The Balaban J connectivity index is 1.58. The lowest BCUT2D eigenvalue weighted by Gasteiger charge is -2.11. The second-order valence-corrected chi connectivity index (χ2v) is 8.95. The zero-order valence-electron chi connectivity index (χ0n) is 17.2. The summed E-state index contributed by atoms with van der Waals surface area (Å²) in [4.78, 5) is 36.2. The molecule has 0 aliphatic carbocycles. The number of carboxylic acid groups (broad SMARTS) is 1. The Bertz CT molecular complexity index is 1120. The number of hydrogen-bond donors (Lipinski definition) is 3. The van der Waals surface area contributed by atoms with Gasteiger partial charge in [0.15, 0.2) is 4.34 Å². The highest BCUT2D eigenvalue weighted by Gasteiger charge is 2.20. The summed E-state index contributed by atoms with van der Waals surface area (Å²) in [5.74, 6) is -1.29. The highest BCUT2D eigenvalue weighted by molar-refractivity contribution is 8.02. The maximum absolute atomic E-state index is 12.5. The van der Waals surface area contributed by atoms with E-state index in [9.17, 15) is 19.5 Å². The zero-order valence-corrected chi connectivity index (χ0v) is 18.8. The fourth-order valence-corrected chi connectivity index (χ4v) is 4.48. The number of aromatic carboxylic acids is 1. The summed E-state index contributed by atoms with van der Waals surface area (Å²) in [5.41, 5.74) is 0.560. The highest BCUT2D eigenvalue weighted by Crippen LogP contribution is 2.30. The maximum atomic E-state index is 12.5.